The van der Waals surface area contributed by atoms with Crippen molar-refractivity contribution < 1.29 is 12.1 Å². The van der Waals surface area contributed by atoms with Gasteiger partial charge in [-0.3, -0.25) is 0 Å². The van der Waals surface area contributed by atoms with Gasteiger partial charge < -0.3 is 7.58 Å². The van der Waals surface area contributed by atoms with E-state index in [4.69, 9.17) is 7.58 Å². The average Bonchev–Trinajstić information content (AvgIpc) is 2.72. The van der Waals surface area contributed by atoms with Crippen LogP contribution in [-0.2, 0) is 5.41 Å². The maximum absolute atomic E-state index is 6.28. The van der Waals surface area contributed by atoms with Crippen LogP contribution < -0.4 is 12.1 Å². The summed E-state index contributed by atoms with van der Waals surface area (Å²) >= 11 is -1.91. The van der Waals surface area contributed by atoms with Crippen LogP contribution in [0.5, 0.6) is 11.5 Å². The molecule has 5 rings (SSSR count). The first kappa shape index (κ1) is 16.4. The molecule has 0 aliphatic carbocycles. The normalized spacial score (nSPS) is 12.7. The Hall–Kier alpha value is -2.80. The summed E-state index contributed by atoms with van der Waals surface area (Å²) < 4.78 is 14.9. The molecule has 4 heteroatoms. The van der Waals surface area contributed by atoms with E-state index in [0.717, 1.165) is 16.9 Å². The van der Waals surface area contributed by atoms with E-state index in [1.54, 1.807) is 0 Å². The molecule has 27 heavy (non-hydrogen) atoms. The molecule has 1 aliphatic heterocycles. The molecule has 0 amide bonds. The summed E-state index contributed by atoms with van der Waals surface area (Å²) in [4.78, 5) is 0. The Morgan fingerprint density at radius 1 is 0.815 bits per heavy atom. The zero-order valence-corrected chi connectivity index (χ0v) is 16.3. The van der Waals surface area contributed by atoms with E-state index < -0.39 is 14.8 Å². The van der Waals surface area contributed by atoms with Gasteiger partial charge in [0.15, 0.2) is 16.9 Å². The van der Waals surface area contributed by atoms with Crippen molar-refractivity contribution in [2.75, 3.05) is 0 Å². The number of hydrogen-bond acceptors (Lipinski definition) is 2. The number of para-hydroxylation sites is 1. The molecule has 0 fully saturated rings. The van der Waals surface area contributed by atoms with E-state index in [-0.39, 0.29) is 0 Å². The molecule has 2 heterocycles. The van der Waals surface area contributed by atoms with Gasteiger partial charge in [0.1, 0.15) is 0 Å². The summed E-state index contributed by atoms with van der Waals surface area (Å²) in [6.45, 7) is 2.14. The van der Waals surface area contributed by atoms with Crippen molar-refractivity contribution >= 4 is 25.7 Å². The van der Waals surface area contributed by atoms with Gasteiger partial charge in [0, 0.05) is 13.0 Å². The molecule has 3 aromatic carbocycles. The van der Waals surface area contributed by atoms with Gasteiger partial charge in [0.2, 0.25) is 0 Å². The molecule has 3 nitrogen and oxygen atoms in total. The SMILES string of the molecule is Cc1ccc2cccc3c2[n+]1[CH2][Al]([O]c1ccc(-c2ccccc2)cc1)[O]3. The maximum Gasteiger partial charge on any atom is 0.931 e. The van der Waals surface area contributed by atoms with Crippen LogP contribution in [0.1, 0.15) is 5.69 Å². The molecular weight excluding hydrogens is 349 g/mol. The van der Waals surface area contributed by atoms with Crippen molar-refractivity contribution in [2.45, 2.75) is 12.3 Å². The highest BCUT2D eigenvalue weighted by molar-refractivity contribution is 6.44. The highest BCUT2D eigenvalue weighted by atomic mass is 27.2. The fourth-order valence-electron chi connectivity index (χ4n) is 3.67. The van der Waals surface area contributed by atoms with E-state index in [2.05, 4.69) is 66.1 Å². The van der Waals surface area contributed by atoms with Gasteiger partial charge in [-0.05, 0) is 41.5 Å². The third kappa shape index (κ3) is 3.08. The molecular formula is C23H19AlNO2+. The highest BCUT2D eigenvalue weighted by Crippen LogP contribution is 2.28. The number of hydrogen-bond donors (Lipinski definition) is 0. The van der Waals surface area contributed by atoms with Gasteiger partial charge in [-0.25, -0.2) is 0 Å². The van der Waals surface area contributed by atoms with Crippen molar-refractivity contribution in [1.82, 2.24) is 0 Å². The Morgan fingerprint density at radius 2 is 1.59 bits per heavy atom. The predicted molar refractivity (Wildman–Crippen MR) is 108 cm³/mol. The minimum Gasteiger partial charge on any atom is -0.609 e. The molecule has 1 aliphatic rings. The lowest BCUT2D eigenvalue weighted by atomic mass is 10.1. The summed E-state index contributed by atoms with van der Waals surface area (Å²) in [5.74, 6) is 1.80. The van der Waals surface area contributed by atoms with Crippen LogP contribution in [0.25, 0.3) is 22.0 Å². The molecule has 0 unspecified atom stereocenters. The van der Waals surface area contributed by atoms with Crippen LogP contribution >= 0.6 is 0 Å². The molecule has 0 bridgehead atoms. The molecule has 4 aromatic rings. The molecule has 0 saturated heterocycles. The fourth-order valence-corrected chi connectivity index (χ4v) is 5.57. The van der Waals surface area contributed by atoms with Gasteiger partial charge in [-0.1, -0.05) is 48.5 Å². The quantitative estimate of drug-likeness (QED) is 0.389. The van der Waals surface area contributed by atoms with E-state index >= 15 is 0 Å². The van der Waals surface area contributed by atoms with Crippen LogP contribution in [0.4, 0.5) is 0 Å². The molecule has 130 valence electrons. The smallest absolute Gasteiger partial charge is 0.609 e. The van der Waals surface area contributed by atoms with Crippen molar-refractivity contribution in [1.29, 1.82) is 0 Å². The lowest BCUT2D eigenvalue weighted by Crippen LogP contribution is -2.53. The Bertz CT molecular complexity index is 1110. The number of aromatic nitrogens is 1. The standard InChI is InChI=1S/C12H10O.C11H11NO.Al/c13-12-8-6-11(7-9-12)10-4-2-1-3-5-10;1-8-6-7-9-4-3-5-10(13)11(9)12(8)2;/h1-9,13H;3-7,13H,2H2,1H3;/q;+1;+2/p-2. The summed E-state index contributed by atoms with van der Waals surface area (Å²) in [6, 6.07) is 29.2. The Balaban J connectivity index is 1.40. The molecule has 0 radical (unpaired) electrons. The summed E-state index contributed by atoms with van der Waals surface area (Å²) in [5.41, 5.74) is 4.81. The largest absolute Gasteiger partial charge is 0.931 e. The molecule has 0 spiro atoms. The first-order chi connectivity index (χ1) is 13.3. The number of nitrogens with zero attached hydrogens (tertiary/aromatic N) is 1. The van der Waals surface area contributed by atoms with E-state index in [1.807, 2.05) is 30.3 Å². The van der Waals surface area contributed by atoms with Crippen LogP contribution in [-0.4, -0.2) is 14.8 Å². The minimum absolute atomic E-state index is 0.806. The summed E-state index contributed by atoms with van der Waals surface area (Å²) in [6.07, 6.45) is 0. The lowest BCUT2D eigenvalue weighted by molar-refractivity contribution is -0.664. The van der Waals surface area contributed by atoms with Gasteiger partial charge in [0.25, 0.3) is 5.52 Å². The lowest BCUT2D eigenvalue weighted by Gasteiger charge is -2.20. The second-order valence-corrected chi connectivity index (χ2v) is 8.53. The first-order valence-electron chi connectivity index (χ1n) is 9.19. The molecule has 1 aromatic heterocycles. The van der Waals surface area contributed by atoms with E-state index in [0.29, 0.717) is 0 Å². The second kappa shape index (κ2) is 6.74. The Labute approximate surface area is 163 Å². The Morgan fingerprint density at radius 3 is 2.41 bits per heavy atom. The minimum atomic E-state index is -1.91. The Kier molecular flexibility index (Phi) is 4.09. The monoisotopic (exact) mass is 368 g/mol. The first-order valence-corrected chi connectivity index (χ1v) is 10.9. The van der Waals surface area contributed by atoms with Crippen molar-refractivity contribution in [3.05, 3.63) is 90.6 Å². The maximum atomic E-state index is 6.28. The number of aryl methyl sites for hydroxylation is 1. The number of rotatable bonds is 3. The highest BCUT2D eigenvalue weighted by Gasteiger charge is 2.45. The van der Waals surface area contributed by atoms with Gasteiger partial charge >= 0.3 is 14.8 Å². The third-order valence-electron chi connectivity index (χ3n) is 5.05. The third-order valence-corrected chi connectivity index (χ3v) is 6.76. The number of benzene rings is 3. The number of pyridine rings is 1. The predicted octanol–water partition coefficient (Wildman–Crippen LogP) is 4.60. The van der Waals surface area contributed by atoms with Gasteiger partial charge in [-0.2, -0.15) is 4.57 Å². The molecule has 0 saturated carbocycles. The second-order valence-electron chi connectivity index (χ2n) is 6.83. The zero-order valence-electron chi connectivity index (χ0n) is 15.1. The topological polar surface area (TPSA) is 22.3 Å². The molecule has 0 N–H and O–H groups in total. The van der Waals surface area contributed by atoms with Crippen molar-refractivity contribution in [3.8, 4) is 22.6 Å². The van der Waals surface area contributed by atoms with E-state index in [1.165, 1.54) is 27.7 Å². The fraction of sp³-hybridized carbons (Fsp3) is 0.0870. The summed E-state index contributed by atoms with van der Waals surface area (Å²) in [7, 11) is 0. The van der Waals surface area contributed by atoms with Crippen LogP contribution in [0.3, 0.4) is 0 Å². The summed E-state index contributed by atoms with van der Waals surface area (Å²) in [5, 5.41) is 2.01. The van der Waals surface area contributed by atoms with Gasteiger partial charge in [-0.15, -0.1) is 0 Å². The average molecular weight is 368 g/mol. The van der Waals surface area contributed by atoms with Crippen LogP contribution in [0.2, 0.25) is 0 Å². The molecule has 0 atom stereocenters. The van der Waals surface area contributed by atoms with Crippen molar-refractivity contribution in [2.24, 2.45) is 0 Å². The van der Waals surface area contributed by atoms with Crippen LogP contribution in [0.15, 0.2) is 84.9 Å². The van der Waals surface area contributed by atoms with Crippen molar-refractivity contribution in [3.63, 3.8) is 0 Å². The van der Waals surface area contributed by atoms with E-state index in [9.17, 15) is 0 Å². The zero-order chi connectivity index (χ0) is 18.2. The van der Waals surface area contributed by atoms with Crippen LogP contribution in [0, 0.1) is 6.92 Å². The van der Waals surface area contributed by atoms with Gasteiger partial charge in [0.05, 0.1) is 11.1 Å².